The number of rotatable bonds is 5. The highest BCUT2D eigenvalue weighted by molar-refractivity contribution is 6.07. The summed E-state index contributed by atoms with van der Waals surface area (Å²) in [7, 11) is 0. The van der Waals surface area contributed by atoms with Crippen molar-refractivity contribution >= 4 is 23.5 Å². The first kappa shape index (κ1) is 16.4. The number of imidazole rings is 1. The van der Waals surface area contributed by atoms with E-state index in [1.54, 1.807) is 42.9 Å². The zero-order chi connectivity index (χ0) is 17.6. The van der Waals surface area contributed by atoms with Gasteiger partial charge in [-0.3, -0.25) is 9.59 Å². The molecular formula is C20H17N3O2. The van der Waals surface area contributed by atoms with E-state index in [0.717, 1.165) is 11.3 Å². The van der Waals surface area contributed by atoms with Crippen LogP contribution in [0, 0.1) is 0 Å². The minimum Gasteiger partial charge on any atom is -0.326 e. The van der Waals surface area contributed by atoms with Crippen LogP contribution < -0.4 is 5.32 Å². The average Bonchev–Trinajstić information content (AvgIpc) is 3.14. The number of aromatic nitrogens is 2. The molecule has 0 aliphatic carbocycles. The van der Waals surface area contributed by atoms with Gasteiger partial charge >= 0.3 is 0 Å². The van der Waals surface area contributed by atoms with Gasteiger partial charge in [0.2, 0.25) is 5.91 Å². The van der Waals surface area contributed by atoms with E-state index < -0.39 is 0 Å². The number of hydrogen-bond donors (Lipinski definition) is 1. The van der Waals surface area contributed by atoms with Gasteiger partial charge in [-0.05, 0) is 35.9 Å². The van der Waals surface area contributed by atoms with E-state index in [0.29, 0.717) is 11.3 Å². The maximum Gasteiger partial charge on any atom is 0.221 e. The van der Waals surface area contributed by atoms with Gasteiger partial charge in [0.05, 0.1) is 6.33 Å². The van der Waals surface area contributed by atoms with Gasteiger partial charge in [0.15, 0.2) is 5.78 Å². The highest BCUT2D eigenvalue weighted by Gasteiger charge is 2.04. The Morgan fingerprint density at radius 2 is 1.92 bits per heavy atom. The summed E-state index contributed by atoms with van der Waals surface area (Å²) in [5.74, 6) is -0.288. The summed E-state index contributed by atoms with van der Waals surface area (Å²) in [5, 5.41) is 2.67. The predicted molar refractivity (Wildman–Crippen MR) is 97.7 cm³/mol. The van der Waals surface area contributed by atoms with Crippen molar-refractivity contribution in [3.63, 3.8) is 0 Å². The summed E-state index contributed by atoms with van der Waals surface area (Å²) in [5.41, 5.74) is 3.06. The number of carbonyl (C=O) groups is 2. The molecule has 0 unspecified atom stereocenters. The monoisotopic (exact) mass is 331 g/mol. The van der Waals surface area contributed by atoms with Crippen molar-refractivity contribution in [3.05, 3.63) is 84.5 Å². The molecule has 5 heteroatoms. The minimum absolute atomic E-state index is 0.120. The first-order valence-electron chi connectivity index (χ1n) is 7.80. The molecule has 0 fully saturated rings. The van der Waals surface area contributed by atoms with Gasteiger partial charge in [-0.25, -0.2) is 4.98 Å². The SMILES string of the molecule is CC(=O)Nc1cccc(C(=O)/C=C/c2ccc(-n3ccnc3)cc2)c1. The molecule has 1 amide bonds. The second-order valence-corrected chi connectivity index (χ2v) is 5.52. The third kappa shape index (κ3) is 4.29. The fourth-order valence-corrected chi connectivity index (χ4v) is 2.39. The number of benzene rings is 2. The van der Waals surface area contributed by atoms with Crippen LogP contribution in [0.4, 0.5) is 5.69 Å². The molecule has 0 bridgehead atoms. The summed E-state index contributed by atoms with van der Waals surface area (Å²) in [6.45, 7) is 1.43. The molecule has 0 aliphatic rings. The Labute approximate surface area is 145 Å². The molecule has 0 saturated heterocycles. The molecule has 1 N–H and O–H groups in total. The Hall–Kier alpha value is -3.47. The maximum atomic E-state index is 12.3. The van der Waals surface area contributed by atoms with Gasteiger partial charge in [0.25, 0.3) is 0 Å². The molecule has 0 spiro atoms. The lowest BCUT2D eigenvalue weighted by molar-refractivity contribution is -0.114. The number of hydrogen-bond acceptors (Lipinski definition) is 3. The Kier molecular flexibility index (Phi) is 4.85. The van der Waals surface area contributed by atoms with Crippen LogP contribution in [-0.2, 0) is 4.79 Å². The van der Waals surface area contributed by atoms with Gasteiger partial charge < -0.3 is 9.88 Å². The van der Waals surface area contributed by atoms with Gasteiger partial charge in [-0.2, -0.15) is 0 Å². The van der Waals surface area contributed by atoms with E-state index in [-0.39, 0.29) is 11.7 Å². The van der Waals surface area contributed by atoms with Crippen LogP contribution >= 0.6 is 0 Å². The number of carbonyl (C=O) groups excluding carboxylic acids is 2. The molecule has 3 rings (SSSR count). The molecule has 1 heterocycles. The van der Waals surface area contributed by atoms with Gasteiger partial charge in [-0.1, -0.05) is 30.3 Å². The third-order valence-electron chi connectivity index (χ3n) is 3.59. The lowest BCUT2D eigenvalue weighted by Gasteiger charge is -2.03. The van der Waals surface area contributed by atoms with E-state index in [1.165, 1.54) is 13.0 Å². The van der Waals surface area contributed by atoms with E-state index in [2.05, 4.69) is 10.3 Å². The highest BCUT2D eigenvalue weighted by atomic mass is 16.1. The van der Waals surface area contributed by atoms with Gasteiger partial charge in [0.1, 0.15) is 0 Å². The number of allylic oxidation sites excluding steroid dienone is 1. The lowest BCUT2D eigenvalue weighted by atomic mass is 10.1. The molecule has 1 aromatic heterocycles. The Morgan fingerprint density at radius 3 is 2.60 bits per heavy atom. The number of amides is 1. The van der Waals surface area contributed by atoms with Crippen LogP contribution in [0.1, 0.15) is 22.8 Å². The zero-order valence-electron chi connectivity index (χ0n) is 13.7. The van der Waals surface area contributed by atoms with E-state index in [1.807, 2.05) is 35.0 Å². The molecule has 2 aromatic carbocycles. The summed E-state index contributed by atoms with van der Waals surface area (Å²) < 4.78 is 1.91. The smallest absolute Gasteiger partial charge is 0.221 e. The zero-order valence-corrected chi connectivity index (χ0v) is 13.7. The molecule has 0 saturated carbocycles. The third-order valence-corrected chi connectivity index (χ3v) is 3.59. The Morgan fingerprint density at radius 1 is 1.12 bits per heavy atom. The van der Waals surface area contributed by atoms with Crippen molar-refractivity contribution in [2.75, 3.05) is 5.32 Å². The molecule has 3 aromatic rings. The molecule has 0 radical (unpaired) electrons. The normalized spacial score (nSPS) is 10.8. The van der Waals surface area contributed by atoms with Crippen molar-refractivity contribution in [2.24, 2.45) is 0 Å². The van der Waals surface area contributed by atoms with Crippen LogP contribution in [0.2, 0.25) is 0 Å². The van der Waals surface area contributed by atoms with Crippen LogP contribution in [0.3, 0.4) is 0 Å². The van der Waals surface area contributed by atoms with E-state index in [4.69, 9.17) is 0 Å². The fourth-order valence-electron chi connectivity index (χ4n) is 2.39. The summed E-state index contributed by atoms with van der Waals surface area (Å²) in [4.78, 5) is 27.4. The van der Waals surface area contributed by atoms with Crippen molar-refractivity contribution in [1.29, 1.82) is 0 Å². The molecule has 0 aliphatic heterocycles. The summed E-state index contributed by atoms with van der Waals surface area (Å²) in [6, 6.07) is 14.7. The number of anilines is 1. The highest BCUT2D eigenvalue weighted by Crippen LogP contribution is 2.14. The van der Waals surface area contributed by atoms with Crippen LogP contribution in [0.25, 0.3) is 11.8 Å². The quantitative estimate of drug-likeness (QED) is 0.572. The van der Waals surface area contributed by atoms with Crippen molar-refractivity contribution in [3.8, 4) is 5.69 Å². The first-order chi connectivity index (χ1) is 12.1. The van der Waals surface area contributed by atoms with Crippen LogP contribution in [-0.4, -0.2) is 21.2 Å². The first-order valence-corrected chi connectivity index (χ1v) is 7.80. The molecule has 5 nitrogen and oxygen atoms in total. The van der Waals surface area contributed by atoms with Crippen LogP contribution in [0.5, 0.6) is 0 Å². The number of nitrogens with one attached hydrogen (secondary N) is 1. The molecule has 124 valence electrons. The van der Waals surface area contributed by atoms with Crippen molar-refractivity contribution in [1.82, 2.24) is 9.55 Å². The Bertz CT molecular complexity index is 910. The van der Waals surface area contributed by atoms with Crippen LogP contribution in [0.15, 0.2) is 73.3 Å². The average molecular weight is 331 g/mol. The topological polar surface area (TPSA) is 64.0 Å². The molecule has 25 heavy (non-hydrogen) atoms. The van der Waals surface area contributed by atoms with Gasteiger partial charge in [0, 0.05) is 36.3 Å². The fraction of sp³-hybridized carbons (Fsp3) is 0.0500. The predicted octanol–water partition coefficient (Wildman–Crippen LogP) is 3.73. The lowest BCUT2D eigenvalue weighted by Crippen LogP contribution is -2.06. The standard InChI is InChI=1S/C20H17N3O2/c1-15(24)22-18-4-2-3-17(13-18)20(25)10-7-16-5-8-19(9-6-16)23-12-11-21-14-23/h2-14H,1H3,(H,22,24)/b10-7+. The second-order valence-electron chi connectivity index (χ2n) is 5.52. The van der Waals surface area contributed by atoms with E-state index >= 15 is 0 Å². The molecular weight excluding hydrogens is 314 g/mol. The summed E-state index contributed by atoms with van der Waals surface area (Å²) >= 11 is 0. The Balaban J connectivity index is 1.71. The van der Waals surface area contributed by atoms with Crippen molar-refractivity contribution in [2.45, 2.75) is 6.92 Å². The summed E-state index contributed by atoms with van der Waals surface area (Å²) in [6.07, 6.45) is 8.62. The number of ketones is 1. The minimum atomic E-state index is -0.168. The second kappa shape index (κ2) is 7.40. The largest absolute Gasteiger partial charge is 0.326 e. The van der Waals surface area contributed by atoms with E-state index in [9.17, 15) is 9.59 Å². The molecule has 0 atom stereocenters. The number of nitrogens with zero attached hydrogens (tertiary/aromatic N) is 2. The van der Waals surface area contributed by atoms with Crippen molar-refractivity contribution < 1.29 is 9.59 Å². The maximum absolute atomic E-state index is 12.3. The van der Waals surface area contributed by atoms with Gasteiger partial charge in [-0.15, -0.1) is 0 Å².